The van der Waals surface area contributed by atoms with E-state index >= 15 is 0 Å². The van der Waals surface area contributed by atoms with Gasteiger partial charge in [0.25, 0.3) is 0 Å². The summed E-state index contributed by atoms with van der Waals surface area (Å²) in [6, 6.07) is 52.1. The lowest BCUT2D eigenvalue weighted by Gasteiger charge is -2.33. The van der Waals surface area contributed by atoms with Crippen molar-refractivity contribution in [2.75, 3.05) is 9.80 Å². The number of anilines is 6. The van der Waals surface area contributed by atoms with Crippen LogP contribution < -0.4 is 9.80 Å². The smallest absolute Gasteiger partial charge is 0.141 e. The molecule has 6 aromatic rings. The lowest BCUT2D eigenvalue weighted by molar-refractivity contribution is 0.476. The number of phenolic OH excluding ortho intramolecular Hbond substituents is 1. The van der Waals surface area contributed by atoms with Crippen LogP contribution in [0, 0.1) is 0 Å². The molecule has 1 aliphatic carbocycles. The quantitative estimate of drug-likeness (QED) is 0.226. The zero-order valence-electron chi connectivity index (χ0n) is 23.8. The number of hydrogen-bond acceptors (Lipinski definition) is 3. The van der Waals surface area contributed by atoms with Crippen LogP contribution in [0.15, 0.2) is 152 Å². The predicted octanol–water partition coefficient (Wildman–Crippen LogP) is 10.6. The Balaban J connectivity index is 1.49. The van der Waals surface area contributed by atoms with Crippen LogP contribution in [0.4, 0.5) is 34.1 Å². The normalized spacial score (nSPS) is 12.8. The van der Waals surface area contributed by atoms with Gasteiger partial charge in [-0.25, -0.2) is 0 Å². The van der Waals surface area contributed by atoms with Crippen LogP contribution in [0.5, 0.6) is 5.75 Å². The van der Waals surface area contributed by atoms with Crippen molar-refractivity contribution >= 4 is 34.1 Å². The summed E-state index contributed by atoms with van der Waals surface area (Å²) in [6.45, 7) is 4.61. The molecular formula is C39H32N2O. The topological polar surface area (TPSA) is 26.7 Å². The van der Waals surface area contributed by atoms with E-state index in [1.807, 2.05) is 48.5 Å². The molecule has 42 heavy (non-hydrogen) atoms. The largest absolute Gasteiger partial charge is 0.506 e. The minimum Gasteiger partial charge on any atom is -0.506 e. The maximum Gasteiger partial charge on any atom is 0.141 e. The number of phenols is 1. The number of aromatic hydroxyl groups is 1. The monoisotopic (exact) mass is 544 g/mol. The number of para-hydroxylation sites is 4. The number of rotatable bonds is 6. The molecule has 0 aliphatic heterocycles. The van der Waals surface area contributed by atoms with E-state index in [9.17, 15) is 5.11 Å². The highest BCUT2D eigenvalue weighted by atomic mass is 16.3. The molecule has 0 saturated heterocycles. The fraction of sp³-hybridized carbons (Fsp3) is 0.0769. The average Bonchev–Trinajstić information content (AvgIpc) is 3.26. The van der Waals surface area contributed by atoms with Crippen LogP contribution in [0.25, 0.3) is 11.1 Å². The Bertz CT molecular complexity index is 1820. The molecular weight excluding hydrogens is 512 g/mol. The molecule has 1 aliphatic rings. The highest BCUT2D eigenvalue weighted by molar-refractivity contribution is 5.95. The molecule has 7 rings (SSSR count). The Morgan fingerprint density at radius 3 is 1.60 bits per heavy atom. The fourth-order valence-corrected chi connectivity index (χ4v) is 6.34. The summed E-state index contributed by atoms with van der Waals surface area (Å²) < 4.78 is 0. The van der Waals surface area contributed by atoms with E-state index in [0.29, 0.717) is 5.69 Å². The van der Waals surface area contributed by atoms with E-state index in [1.165, 1.54) is 22.3 Å². The van der Waals surface area contributed by atoms with Crippen LogP contribution in [-0.2, 0) is 5.41 Å². The Labute approximate surface area is 247 Å². The highest BCUT2D eigenvalue weighted by Gasteiger charge is 2.36. The van der Waals surface area contributed by atoms with Crippen molar-refractivity contribution in [1.82, 2.24) is 0 Å². The van der Waals surface area contributed by atoms with Crippen LogP contribution in [-0.4, -0.2) is 5.11 Å². The zero-order valence-corrected chi connectivity index (χ0v) is 23.8. The van der Waals surface area contributed by atoms with Gasteiger partial charge in [-0.05, 0) is 82.9 Å². The molecule has 0 unspecified atom stereocenters. The van der Waals surface area contributed by atoms with Crippen molar-refractivity contribution < 1.29 is 5.11 Å². The fourth-order valence-electron chi connectivity index (χ4n) is 6.34. The third-order valence-corrected chi connectivity index (χ3v) is 8.33. The second-order valence-corrected chi connectivity index (χ2v) is 11.2. The molecule has 0 saturated carbocycles. The lowest BCUT2D eigenvalue weighted by Crippen LogP contribution is -2.18. The van der Waals surface area contributed by atoms with Gasteiger partial charge in [-0.2, -0.15) is 0 Å². The maximum atomic E-state index is 11.6. The first-order chi connectivity index (χ1) is 20.5. The molecule has 3 nitrogen and oxygen atoms in total. The highest BCUT2D eigenvalue weighted by Crippen LogP contribution is 2.53. The van der Waals surface area contributed by atoms with Crippen molar-refractivity contribution in [2.24, 2.45) is 0 Å². The van der Waals surface area contributed by atoms with Gasteiger partial charge in [0, 0.05) is 28.2 Å². The summed E-state index contributed by atoms with van der Waals surface area (Å²) in [5.74, 6) is 0.203. The molecule has 0 heterocycles. The van der Waals surface area contributed by atoms with Crippen molar-refractivity contribution in [2.45, 2.75) is 19.3 Å². The number of hydrogen-bond donors (Lipinski definition) is 1. The second-order valence-electron chi connectivity index (χ2n) is 11.2. The van der Waals surface area contributed by atoms with E-state index in [4.69, 9.17) is 0 Å². The van der Waals surface area contributed by atoms with Gasteiger partial charge in [0.15, 0.2) is 0 Å². The Hall–Kier alpha value is -5.28. The standard InChI is InChI=1S/C39H32N2O/c1-39(2)34-22-13-12-21-32(34)33-27-31(25-26-35(33)39)40(28-15-6-3-7-16-28)36-23-14-24-37(42)38(36)41(29-17-8-4-9-18-29)30-19-10-5-11-20-30/h3-27,42H,1-2H3. The van der Waals surface area contributed by atoms with Crippen LogP contribution >= 0.6 is 0 Å². The lowest BCUT2D eigenvalue weighted by atomic mass is 9.82. The van der Waals surface area contributed by atoms with Gasteiger partial charge < -0.3 is 14.9 Å². The molecule has 0 amide bonds. The van der Waals surface area contributed by atoms with Gasteiger partial charge in [0.05, 0.1) is 5.69 Å². The molecule has 204 valence electrons. The van der Waals surface area contributed by atoms with E-state index in [2.05, 4.69) is 121 Å². The first-order valence-corrected chi connectivity index (χ1v) is 14.4. The van der Waals surface area contributed by atoms with E-state index in [0.717, 1.165) is 28.4 Å². The van der Waals surface area contributed by atoms with Gasteiger partial charge >= 0.3 is 0 Å². The Morgan fingerprint density at radius 2 is 0.976 bits per heavy atom. The molecule has 3 heteroatoms. The molecule has 0 atom stereocenters. The summed E-state index contributed by atoms with van der Waals surface area (Å²) in [7, 11) is 0. The van der Waals surface area contributed by atoms with Gasteiger partial charge in [-0.15, -0.1) is 0 Å². The number of nitrogens with zero attached hydrogens (tertiary/aromatic N) is 2. The van der Waals surface area contributed by atoms with Crippen molar-refractivity contribution in [3.05, 3.63) is 163 Å². The van der Waals surface area contributed by atoms with Gasteiger partial charge in [-0.3, -0.25) is 0 Å². The molecule has 0 aromatic heterocycles. The molecule has 0 fully saturated rings. The van der Waals surface area contributed by atoms with E-state index < -0.39 is 0 Å². The SMILES string of the molecule is CC1(C)c2ccccc2-c2cc(N(c3ccccc3)c3cccc(O)c3N(c3ccccc3)c3ccccc3)ccc21. The van der Waals surface area contributed by atoms with Gasteiger partial charge in [0.1, 0.15) is 11.4 Å². The van der Waals surface area contributed by atoms with Gasteiger partial charge in [-0.1, -0.05) is 105 Å². The van der Waals surface area contributed by atoms with Crippen molar-refractivity contribution in [1.29, 1.82) is 0 Å². The summed E-state index contributed by atoms with van der Waals surface area (Å²) in [5, 5.41) is 11.6. The van der Waals surface area contributed by atoms with E-state index in [-0.39, 0.29) is 11.2 Å². The third kappa shape index (κ3) is 4.22. The number of benzene rings is 6. The van der Waals surface area contributed by atoms with Crippen LogP contribution in [0.3, 0.4) is 0 Å². The predicted molar refractivity (Wildman–Crippen MR) is 175 cm³/mol. The minimum atomic E-state index is -0.0738. The van der Waals surface area contributed by atoms with Crippen molar-refractivity contribution in [3.8, 4) is 16.9 Å². The van der Waals surface area contributed by atoms with Crippen molar-refractivity contribution in [3.63, 3.8) is 0 Å². The van der Waals surface area contributed by atoms with Gasteiger partial charge in [0.2, 0.25) is 0 Å². The van der Waals surface area contributed by atoms with Crippen LogP contribution in [0.2, 0.25) is 0 Å². The first-order valence-electron chi connectivity index (χ1n) is 14.4. The first kappa shape index (κ1) is 25.7. The number of fused-ring (bicyclic) bond motifs is 3. The third-order valence-electron chi connectivity index (χ3n) is 8.33. The molecule has 1 N–H and O–H groups in total. The van der Waals surface area contributed by atoms with Crippen LogP contribution in [0.1, 0.15) is 25.0 Å². The summed E-state index contributed by atoms with van der Waals surface area (Å²) >= 11 is 0. The molecule has 0 bridgehead atoms. The second kappa shape index (κ2) is 10.3. The maximum absolute atomic E-state index is 11.6. The Morgan fingerprint density at radius 1 is 0.452 bits per heavy atom. The summed E-state index contributed by atoms with van der Waals surface area (Å²) in [5.41, 5.74) is 10.7. The molecule has 0 spiro atoms. The zero-order chi connectivity index (χ0) is 28.7. The minimum absolute atomic E-state index is 0.0738. The average molecular weight is 545 g/mol. The molecule has 6 aromatic carbocycles. The summed E-state index contributed by atoms with van der Waals surface area (Å²) in [4.78, 5) is 4.38. The molecule has 0 radical (unpaired) electrons. The Kier molecular flexibility index (Phi) is 6.28. The van der Waals surface area contributed by atoms with E-state index in [1.54, 1.807) is 6.07 Å². The summed E-state index contributed by atoms with van der Waals surface area (Å²) in [6.07, 6.45) is 0.